The van der Waals surface area contributed by atoms with Crippen molar-refractivity contribution in [3.63, 3.8) is 0 Å². The fraction of sp³-hybridized carbons (Fsp3) is 1.00. The van der Waals surface area contributed by atoms with Gasteiger partial charge in [-0.25, -0.2) is 0 Å². The van der Waals surface area contributed by atoms with Crippen molar-refractivity contribution >= 4 is 0 Å². The Labute approximate surface area is 180 Å². The molecule has 0 radical (unpaired) electrons. The molecule has 4 bridgehead atoms. The lowest BCUT2D eigenvalue weighted by Gasteiger charge is -2.40. The van der Waals surface area contributed by atoms with Crippen LogP contribution in [0.15, 0.2) is 0 Å². The van der Waals surface area contributed by atoms with Crippen molar-refractivity contribution in [2.75, 3.05) is 40.4 Å². The van der Waals surface area contributed by atoms with Crippen LogP contribution >= 0.6 is 0 Å². The van der Waals surface area contributed by atoms with Gasteiger partial charge in [-0.2, -0.15) is 0 Å². The van der Waals surface area contributed by atoms with Gasteiger partial charge < -0.3 is 14.0 Å². The highest BCUT2D eigenvalue weighted by Gasteiger charge is 2.62. The summed E-state index contributed by atoms with van der Waals surface area (Å²) in [5, 5.41) is 0. The topological polar surface area (TPSA) is 18.5 Å². The predicted molar refractivity (Wildman–Crippen MR) is 120 cm³/mol. The highest BCUT2D eigenvalue weighted by molar-refractivity contribution is 5.12. The van der Waals surface area contributed by atoms with Crippen LogP contribution in [0.2, 0.25) is 0 Å². The lowest BCUT2D eigenvalue weighted by molar-refractivity contribution is -0.891. The summed E-state index contributed by atoms with van der Waals surface area (Å²) < 4.78 is 14.0. The van der Waals surface area contributed by atoms with E-state index in [9.17, 15) is 0 Å². The van der Waals surface area contributed by atoms with E-state index in [1.54, 1.807) is 0 Å². The lowest BCUT2D eigenvalue weighted by atomic mass is 9.70. The zero-order chi connectivity index (χ0) is 21.3. The Balaban J connectivity index is 1.21. The molecular weight excluding hydrogens is 358 g/mol. The minimum absolute atomic E-state index is 0.377. The van der Waals surface area contributed by atoms with E-state index in [0.717, 1.165) is 42.6 Å². The molecule has 0 amide bonds. The van der Waals surface area contributed by atoms with Gasteiger partial charge in [-0.15, -0.1) is 0 Å². The van der Waals surface area contributed by atoms with Crippen LogP contribution in [0.25, 0.3) is 0 Å². The first-order valence-electron chi connectivity index (χ1n) is 12.4. The lowest BCUT2D eigenvalue weighted by Crippen LogP contribution is -2.47. The molecule has 4 aliphatic carbocycles. The molecule has 168 valence electrons. The van der Waals surface area contributed by atoms with Crippen molar-refractivity contribution in [3.8, 4) is 0 Å². The van der Waals surface area contributed by atoms with Gasteiger partial charge in [-0.05, 0) is 72.0 Å². The molecule has 0 aromatic rings. The maximum Gasteiger partial charge on any atom is 0.102 e. The van der Waals surface area contributed by atoms with Gasteiger partial charge in [0.05, 0.1) is 39.5 Å². The molecule has 0 aromatic carbocycles. The van der Waals surface area contributed by atoms with Gasteiger partial charge in [-0.3, -0.25) is 0 Å². The van der Waals surface area contributed by atoms with E-state index in [1.165, 1.54) is 38.5 Å². The minimum atomic E-state index is 0.377. The van der Waals surface area contributed by atoms with Crippen LogP contribution < -0.4 is 0 Å². The zero-order valence-electron chi connectivity index (χ0n) is 20.6. The molecule has 29 heavy (non-hydrogen) atoms. The normalized spacial score (nSPS) is 44.7. The Morgan fingerprint density at radius 2 is 1.07 bits per heavy atom. The van der Waals surface area contributed by atoms with Gasteiger partial charge >= 0.3 is 0 Å². The molecule has 4 fully saturated rings. The van der Waals surface area contributed by atoms with Gasteiger partial charge in [0.2, 0.25) is 0 Å². The fourth-order valence-electron chi connectivity index (χ4n) is 7.76. The number of quaternary nitrogens is 1. The molecule has 4 aliphatic rings. The maximum absolute atomic E-state index is 6.52. The number of rotatable bonds is 8. The monoisotopic (exact) mass is 406 g/mol. The summed E-state index contributed by atoms with van der Waals surface area (Å²) in [6.07, 6.45) is 8.97. The molecule has 0 saturated heterocycles. The Bertz CT molecular complexity index is 574. The number of hydrogen-bond acceptors (Lipinski definition) is 2. The molecule has 4 rings (SSSR count). The molecule has 0 aromatic heterocycles. The first-order valence-corrected chi connectivity index (χ1v) is 12.4. The average Bonchev–Trinajstić information content (AvgIpc) is 3.13. The van der Waals surface area contributed by atoms with Crippen LogP contribution in [-0.2, 0) is 9.47 Å². The van der Waals surface area contributed by atoms with Gasteiger partial charge in [0, 0.05) is 0 Å². The second kappa shape index (κ2) is 6.94. The molecule has 0 N–H and O–H groups in total. The maximum atomic E-state index is 6.52. The van der Waals surface area contributed by atoms with Crippen molar-refractivity contribution in [1.82, 2.24) is 0 Å². The zero-order valence-corrected chi connectivity index (χ0v) is 20.6. The Kier molecular flexibility index (Phi) is 5.28. The van der Waals surface area contributed by atoms with Crippen LogP contribution in [0.5, 0.6) is 0 Å². The molecule has 0 unspecified atom stereocenters. The smallest absolute Gasteiger partial charge is 0.102 e. The molecule has 3 heteroatoms. The molecule has 6 atom stereocenters. The van der Waals surface area contributed by atoms with E-state index < -0.39 is 0 Å². The molecule has 0 heterocycles. The second-order valence-corrected chi connectivity index (χ2v) is 13.3. The van der Waals surface area contributed by atoms with Crippen LogP contribution in [0.1, 0.15) is 80.1 Å². The largest absolute Gasteiger partial charge is 0.372 e. The van der Waals surface area contributed by atoms with E-state index in [4.69, 9.17) is 9.47 Å². The van der Waals surface area contributed by atoms with E-state index in [0.29, 0.717) is 33.9 Å². The Hall–Kier alpha value is -0.120. The molecule has 0 aliphatic heterocycles. The van der Waals surface area contributed by atoms with Gasteiger partial charge in [-0.1, -0.05) is 41.5 Å². The molecule has 0 spiro atoms. The van der Waals surface area contributed by atoms with Crippen molar-refractivity contribution in [2.24, 2.45) is 33.5 Å². The highest BCUT2D eigenvalue weighted by atomic mass is 16.5. The minimum Gasteiger partial charge on any atom is -0.372 e. The Morgan fingerprint density at radius 3 is 1.34 bits per heavy atom. The standard InChI is InChI=1S/C26H48NO2/c1-23(2)19-9-11-25(23,5)21(17-19)28-15-13-27(7,8)14-16-29-22-18-20-10-12-26(22,6)24(20,3)4/h19-22H,9-18H2,1-8H3/q+1/t19-,20+,21+,22-,25+,26-. The van der Waals surface area contributed by atoms with Crippen LogP contribution in [0, 0.1) is 33.5 Å². The number of likely N-dealkylation sites (N-methyl/N-ethyl adjacent to an activating group) is 1. The first-order chi connectivity index (χ1) is 13.3. The summed E-state index contributed by atoms with van der Waals surface area (Å²) >= 11 is 0. The first kappa shape index (κ1) is 22.1. The van der Waals surface area contributed by atoms with E-state index in [-0.39, 0.29) is 0 Å². The summed E-state index contributed by atoms with van der Waals surface area (Å²) in [4.78, 5) is 0. The summed E-state index contributed by atoms with van der Waals surface area (Å²) in [7, 11) is 4.68. The number of nitrogens with zero attached hydrogens (tertiary/aromatic N) is 1. The van der Waals surface area contributed by atoms with Gasteiger partial charge in [0.1, 0.15) is 13.1 Å². The third-order valence-corrected chi connectivity index (χ3v) is 11.5. The fourth-order valence-corrected chi connectivity index (χ4v) is 7.76. The number of hydrogen-bond donors (Lipinski definition) is 0. The Morgan fingerprint density at radius 1 is 0.690 bits per heavy atom. The summed E-state index contributed by atoms with van der Waals surface area (Å²) in [5.41, 5.74) is 1.64. The van der Waals surface area contributed by atoms with Crippen molar-refractivity contribution in [2.45, 2.75) is 92.3 Å². The van der Waals surface area contributed by atoms with Crippen molar-refractivity contribution in [3.05, 3.63) is 0 Å². The van der Waals surface area contributed by atoms with Crippen molar-refractivity contribution < 1.29 is 14.0 Å². The molecular formula is C26H48NO2+. The SMILES string of the molecule is CC1(C)[C@@H]2CC[C@@]1(C)[C@@H](OCC[N+](C)(C)CCO[C@@H]1C[C@@H]3CC[C@@]1(C)C3(C)C)C2. The molecule has 3 nitrogen and oxygen atoms in total. The highest BCUT2D eigenvalue weighted by Crippen LogP contribution is 2.67. The van der Waals surface area contributed by atoms with Crippen LogP contribution in [0.3, 0.4) is 0 Å². The van der Waals surface area contributed by atoms with Gasteiger partial charge in [0.15, 0.2) is 0 Å². The van der Waals surface area contributed by atoms with Crippen LogP contribution in [-0.4, -0.2) is 57.1 Å². The molecule has 4 saturated carbocycles. The van der Waals surface area contributed by atoms with E-state index in [1.807, 2.05) is 0 Å². The number of ether oxygens (including phenoxy) is 2. The third kappa shape index (κ3) is 3.24. The second-order valence-electron chi connectivity index (χ2n) is 13.3. The van der Waals surface area contributed by atoms with Crippen molar-refractivity contribution in [1.29, 1.82) is 0 Å². The predicted octanol–water partition coefficient (Wildman–Crippen LogP) is 5.53. The van der Waals surface area contributed by atoms with E-state index in [2.05, 4.69) is 55.6 Å². The summed E-state index contributed by atoms with van der Waals surface area (Å²) in [6.45, 7) is 18.8. The third-order valence-electron chi connectivity index (χ3n) is 11.5. The summed E-state index contributed by atoms with van der Waals surface area (Å²) in [5.74, 6) is 1.72. The van der Waals surface area contributed by atoms with Crippen LogP contribution in [0.4, 0.5) is 0 Å². The summed E-state index contributed by atoms with van der Waals surface area (Å²) in [6, 6.07) is 0. The van der Waals surface area contributed by atoms with E-state index >= 15 is 0 Å². The van der Waals surface area contributed by atoms with Gasteiger partial charge in [0.25, 0.3) is 0 Å². The number of fused-ring (bicyclic) bond motifs is 4. The average molecular weight is 407 g/mol. The quantitative estimate of drug-likeness (QED) is 0.494.